The average molecular weight is 304 g/mol. The molecule has 0 radical (unpaired) electrons. The fourth-order valence-corrected chi connectivity index (χ4v) is 2.53. The molecule has 1 aliphatic heterocycles. The van der Waals surface area contributed by atoms with Gasteiger partial charge >= 0.3 is 5.97 Å². The van der Waals surface area contributed by atoms with Crippen molar-refractivity contribution >= 4 is 17.8 Å². The fourth-order valence-electron chi connectivity index (χ4n) is 2.53. The number of carbonyl (C=O) groups is 3. The maximum absolute atomic E-state index is 12.0. The minimum Gasteiger partial charge on any atom is -0.481 e. The molecule has 2 N–H and O–H groups in total. The van der Waals surface area contributed by atoms with E-state index in [4.69, 9.17) is 5.11 Å². The number of carboxylic acid groups (broad SMARTS) is 1. The van der Waals surface area contributed by atoms with Crippen LogP contribution in [0.25, 0.3) is 0 Å². The van der Waals surface area contributed by atoms with Crippen LogP contribution in [0.2, 0.25) is 0 Å². The number of rotatable bonds is 5. The van der Waals surface area contributed by atoms with Crippen LogP contribution in [0.3, 0.4) is 0 Å². The van der Waals surface area contributed by atoms with Crippen LogP contribution in [0.4, 0.5) is 0 Å². The highest BCUT2D eigenvalue weighted by atomic mass is 16.4. The van der Waals surface area contributed by atoms with Crippen LogP contribution < -0.4 is 5.32 Å². The lowest BCUT2D eigenvalue weighted by Gasteiger charge is -2.30. The van der Waals surface area contributed by atoms with Crippen molar-refractivity contribution in [1.29, 1.82) is 0 Å². The zero-order valence-electron chi connectivity index (χ0n) is 12.3. The van der Waals surface area contributed by atoms with Crippen molar-refractivity contribution < 1.29 is 19.5 Å². The predicted molar refractivity (Wildman–Crippen MR) is 80.1 cm³/mol. The Morgan fingerprint density at radius 3 is 2.64 bits per heavy atom. The number of likely N-dealkylation sites (tertiary alicyclic amines) is 1. The van der Waals surface area contributed by atoms with Gasteiger partial charge in [0.25, 0.3) is 0 Å². The Morgan fingerprint density at radius 1 is 1.23 bits per heavy atom. The number of nitrogens with zero attached hydrogens (tertiary/aromatic N) is 1. The highest BCUT2D eigenvalue weighted by Gasteiger charge is 2.27. The first-order valence-corrected chi connectivity index (χ1v) is 7.37. The zero-order valence-corrected chi connectivity index (χ0v) is 12.3. The molecule has 0 bridgehead atoms. The van der Waals surface area contributed by atoms with Crippen molar-refractivity contribution in [1.82, 2.24) is 10.2 Å². The molecule has 1 fully saturated rings. The molecule has 0 spiro atoms. The van der Waals surface area contributed by atoms with E-state index < -0.39 is 11.9 Å². The summed E-state index contributed by atoms with van der Waals surface area (Å²) in [6.45, 7) is 0.692. The lowest BCUT2D eigenvalue weighted by molar-refractivity contribution is -0.145. The molecule has 2 rings (SSSR count). The second kappa shape index (κ2) is 7.59. The number of hydrogen-bond donors (Lipinski definition) is 2. The Morgan fingerprint density at radius 2 is 1.95 bits per heavy atom. The van der Waals surface area contributed by atoms with Gasteiger partial charge in [0.05, 0.1) is 18.9 Å². The van der Waals surface area contributed by atoms with Crippen molar-refractivity contribution in [2.24, 2.45) is 5.92 Å². The number of benzene rings is 1. The molecule has 1 atom stereocenters. The smallest absolute Gasteiger partial charge is 0.308 e. The number of carbonyl (C=O) groups excluding carboxylic acids is 2. The quantitative estimate of drug-likeness (QED) is 0.837. The molecule has 0 aromatic heterocycles. The van der Waals surface area contributed by atoms with Gasteiger partial charge in [-0.25, -0.2) is 0 Å². The Balaban J connectivity index is 1.77. The molecule has 6 nitrogen and oxygen atoms in total. The van der Waals surface area contributed by atoms with E-state index in [2.05, 4.69) is 5.32 Å². The van der Waals surface area contributed by atoms with Crippen LogP contribution in [0, 0.1) is 5.92 Å². The van der Waals surface area contributed by atoms with E-state index in [0.717, 1.165) is 5.56 Å². The molecular formula is C16H20N2O4. The molecule has 1 aromatic carbocycles. The van der Waals surface area contributed by atoms with Gasteiger partial charge in [0, 0.05) is 13.1 Å². The second-order valence-electron chi connectivity index (χ2n) is 5.46. The highest BCUT2D eigenvalue weighted by molar-refractivity contribution is 5.86. The minimum atomic E-state index is -0.870. The van der Waals surface area contributed by atoms with Crippen LogP contribution in [-0.2, 0) is 20.8 Å². The third-order valence-corrected chi connectivity index (χ3v) is 3.77. The second-order valence-corrected chi connectivity index (χ2v) is 5.46. The largest absolute Gasteiger partial charge is 0.481 e. The van der Waals surface area contributed by atoms with Gasteiger partial charge in [-0.1, -0.05) is 30.3 Å². The maximum atomic E-state index is 12.0. The molecule has 1 aliphatic rings. The Labute approximate surface area is 129 Å². The van der Waals surface area contributed by atoms with Crippen molar-refractivity contribution in [3.63, 3.8) is 0 Å². The first-order valence-electron chi connectivity index (χ1n) is 7.37. The predicted octanol–water partition coefficient (Wildman–Crippen LogP) is 0.668. The Hall–Kier alpha value is -2.37. The van der Waals surface area contributed by atoms with Crippen molar-refractivity contribution in [3.05, 3.63) is 35.9 Å². The topological polar surface area (TPSA) is 86.7 Å². The highest BCUT2D eigenvalue weighted by Crippen LogP contribution is 2.16. The van der Waals surface area contributed by atoms with E-state index in [1.807, 2.05) is 30.3 Å². The maximum Gasteiger partial charge on any atom is 0.308 e. The summed E-state index contributed by atoms with van der Waals surface area (Å²) in [5, 5.41) is 11.6. The summed E-state index contributed by atoms with van der Waals surface area (Å²) in [4.78, 5) is 36.3. The summed E-state index contributed by atoms with van der Waals surface area (Å²) in [5.41, 5.74) is 0.886. The molecule has 118 valence electrons. The van der Waals surface area contributed by atoms with E-state index in [0.29, 0.717) is 19.4 Å². The van der Waals surface area contributed by atoms with E-state index in [9.17, 15) is 14.4 Å². The van der Waals surface area contributed by atoms with Gasteiger partial charge in [-0.05, 0) is 18.4 Å². The van der Waals surface area contributed by atoms with Gasteiger partial charge in [0.2, 0.25) is 11.8 Å². The summed E-state index contributed by atoms with van der Waals surface area (Å²) in [5.74, 6) is -1.82. The van der Waals surface area contributed by atoms with Crippen LogP contribution in [0.1, 0.15) is 18.4 Å². The monoisotopic (exact) mass is 304 g/mol. The van der Waals surface area contributed by atoms with Crippen molar-refractivity contribution in [3.8, 4) is 0 Å². The van der Waals surface area contributed by atoms with Crippen LogP contribution >= 0.6 is 0 Å². The molecule has 1 saturated heterocycles. The first kappa shape index (κ1) is 16.0. The van der Waals surface area contributed by atoms with Gasteiger partial charge in [-0.3, -0.25) is 14.4 Å². The average Bonchev–Trinajstić information content (AvgIpc) is 2.53. The molecular weight excluding hydrogens is 284 g/mol. The van der Waals surface area contributed by atoms with Gasteiger partial charge in [-0.2, -0.15) is 0 Å². The summed E-state index contributed by atoms with van der Waals surface area (Å²) in [7, 11) is 0. The summed E-state index contributed by atoms with van der Waals surface area (Å²) in [6.07, 6.45) is 1.51. The normalized spacial score (nSPS) is 17.8. The van der Waals surface area contributed by atoms with Gasteiger partial charge < -0.3 is 15.3 Å². The number of aliphatic carboxylic acids is 1. The van der Waals surface area contributed by atoms with Crippen LogP contribution in [0.15, 0.2) is 30.3 Å². The summed E-state index contributed by atoms with van der Waals surface area (Å²) < 4.78 is 0. The zero-order chi connectivity index (χ0) is 15.9. The Bertz CT molecular complexity index is 544. The molecule has 2 amide bonds. The molecule has 0 unspecified atom stereocenters. The van der Waals surface area contributed by atoms with Crippen molar-refractivity contribution in [2.45, 2.75) is 19.3 Å². The van der Waals surface area contributed by atoms with Crippen LogP contribution in [0.5, 0.6) is 0 Å². The van der Waals surface area contributed by atoms with Gasteiger partial charge in [-0.15, -0.1) is 0 Å². The minimum absolute atomic E-state index is 0.0853. The van der Waals surface area contributed by atoms with Gasteiger partial charge in [0.15, 0.2) is 0 Å². The number of hydrogen-bond acceptors (Lipinski definition) is 3. The van der Waals surface area contributed by atoms with Crippen molar-refractivity contribution in [2.75, 3.05) is 19.6 Å². The molecule has 6 heteroatoms. The number of carboxylic acids is 1. The van der Waals surface area contributed by atoms with Crippen LogP contribution in [-0.4, -0.2) is 47.4 Å². The van der Waals surface area contributed by atoms with E-state index in [-0.39, 0.29) is 31.3 Å². The van der Waals surface area contributed by atoms with E-state index in [1.54, 1.807) is 0 Å². The first-order chi connectivity index (χ1) is 10.6. The fraction of sp³-hybridized carbons (Fsp3) is 0.438. The van der Waals surface area contributed by atoms with Gasteiger partial charge in [0.1, 0.15) is 0 Å². The third kappa shape index (κ3) is 4.58. The lowest BCUT2D eigenvalue weighted by Crippen LogP contribution is -2.46. The molecule has 22 heavy (non-hydrogen) atoms. The molecule has 1 heterocycles. The SMILES string of the molecule is O=C(Cc1ccccc1)NCC(=O)N1CCC[C@H](C(=O)O)C1. The standard InChI is InChI=1S/C16H20N2O4/c19-14(9-12-5-2-1-3-6-12)17-10-15(20)18-8-4-7-13(11-18)16(21)22/h1-3,5-6,13H,4,7-11H2,(H,17,19)(H,21,22)/t13-/m0/s1. The van der Waals surface area contributed by atoms with E-state index in [1.165, 1.54) is 4.90 Å². The summed E-state index contributed by atoms with van der Waals surface area (Å²) >= 11 is 0. The number of piperidine rings is 1. The lowest BCUT2D eigenvalue weighted by atomic mass is 9.98. The third-order valence-electron chi connectivity index (χ3n) is 3.77. The summed E-state index contributed by atoms with van der Waals surface area (Å²) in [6, 6.07) is 9.29. The molecule has 1 aromatic rings. The Kier molecular flexibility index (Phi) is 5.52. The molecule has 0 saturated carbocycles. The van der Waals surface area contributed by atoms with E-state index >= 15 is 0 Å². The molecule has 0 aliphatic carbocycles. The number of nitrogens with one attached hydrogen (secondary N) is 1. The number of amides is 2.